The summed E-state index contributed by atoms with van der Waals surface area (Å²) < 4.78 is 15.5. The summed E-state index contributed by atoms with van der Waals surface area (Å²) in [4.78, 5) is 56.0. The molecule has 0 aromatic heterocycles. The summed E-state index contributed by atoms with van der Waals surface area (Å²) in [7, 11) is -4.69. The lowest BCUT2D eigenvalue weighted by molar-refractivity contribution is -0.132. The summed E-state index contributed by atoms with van der Waals surface area (Å²) in [6.07, 6.45) is 0.497. The number of phosphoric acid groups is 1. The van der Waals surface area contributed by atoms with Crippen molar-refractivity contribution in [2.24, 2.45) is 5.92 Å². The van der Waals surface area contributed by atoms with Crippen LogP contribution in [0.3, 0.4) is 0 Å². The van der Waals surface area contributed by atoms with Gasteiger partial charge in [0.15, 0.2) is 0 Å². The van der Waals surface area contributed by atoms with E-state index in [1.54, 1.807) is 0 Å². The number of carbonyl (C=O) groups excluding carboxylic acids is 3. The van der Waals surface area contributed by atoms with Gasteiger partial charge in [-0.15, -0.1) is 0 Å². The van der Waals surface area contributed by atoms with Gasteiger partial charge in [-0.05, 0) is 49.4 Å². The van der Waals surface area contributed by atoms with Gasteiger partial charge in [0.2, 0.25) is 17.7 Å². The molecule has 3 amide bonds. The molecule has 0 radical (unpaired) electrons. The number of nitrogens with one attached hydrogen (secondary N) is 3. The smallest absolute Gasteiger partial charge is 0.404 e. The molecule has 10 nitrogen and oxygen atoms in total. The predicted molar refractivity (Wildman–Crippen MR) is 140 cm³/mol. The van der Waals surface area contributed by atoms with E-state index in [-0.39, 0.29) is 30.0 Å². The molecule has 202 valence electrons. The second kappa shape index (κ2) is 13.4. The van der Waals surface area contributed by atoms with E-state index in [1.165, 1.54) is 31.2 Å². The molecule has 0 heterocycles. The van der Waals surface area contributed by atoms with Crippen molar-refractivity contribution < 1.29 is 33.3 Å². The molecule has 0 saturated carbocycles. The van der Waals surface area contributed by atoms with Crippen LogP contribution >= 0.6 is 7.82 Å². The molecule has 0 unspecified atom stereocenters. The van der Waals surface area contributed by atoms with Gasteiger partial charge in [0.05, 0.1) is 6.04 Å². The second-order valence-corrected chi connectivity index (χ2v) is 10.7. The summed E-state index contributed by atoms with van der Waals surface area (Å²) in [5.41, 5.74) is 2.67. The van der Waals surface area contributed by atoms with E-state index >= 15 is 0 Å². The number of carbonyl (C=O) groups is 3. The molecular weight excluding hydrogens is 497 g/mol. The van der Waals surface area contributed by atoms with Crippen LogP contribution in [0.25, 0.3) is 0 Å². The molecule has 0 saturated heterocycles. The van der Waals surface area contributed by atoms with Gasteiger partial charge in [-0.25, -0.2) is 4.57 Å². The monoisotopic (exact) mass is 533 g/mol. The number of benzene rings is 2. The lowest BCUT2D eigenvalue weighted by Gasteiger charge is -2.25. The van der Waals surface area contributed by atoms with Crippen LogP contribution in [0, 0.1) is 12.8 Å². The highest BCUT2D eigenvalue weighted by Crippen LogP contribution is 2.37. The number of aryl methyl sites for hydroxylation is 1. The van der Waals surface area contributed by atoms with Crippen molar-refractivity contribution in [3.05, 3.63) is 65.2 Å². The summed E-state index contributed by atoms with van der Waals surface area (Å²) in [6.45, 7) is 9.04. The van der Waals surface area contributed by atoms with Crippen LogP contribution in [0.5, 0.6) is 5.75 Å². The molecule has 2 rings (SSSR count). The average Bonchev–Trinajstić information content (AvgIpc) is 2.78. The Morgan fingerprint density at radius 1 is 0.865 bits per heavy atom. The lowest BCUT2D eigenvalue weighted by Crippen LogP contribution is -2.54. The van der Waals surface area contributed by atoms with Gasteiger partial charge >= 0.3 is 7.82 Å². The first-order valence-electron chi connectivity index (χ1n) is 12.0. The molecule has 0 aliphatic carbocycles. The Bertz CT molecular complexity index is 1110. The van der Waals surface area contributed by atoms with E-state index in [0.717, 1.165) is 11.1 Å². The zero-order valence-corrected chi connectivity index (χ0v) is 22.6. The van der Waals surface area contributed by atoms with Gasteiger partial charge in [0, 0.05) is 13.3 Å². The minimum Gasteiger partial charge on any atom is -0.404 e. The van der Waals surface area contributed by atoms with Crippen molar-refractivity contribution >= 4 is 25.5 Å². The largest absolute Gasteiger partial charge is 0.524 e. The van der Waals surface area contributed by atoms with E-state index in [1.807, 2.05) is 52.0 Å². The predicted octanol–water partition coefficient (Wildman–Crippen LogP) is 2.92. The highest BCUT2D eigenvalue weighted by atomic mass is 31.2. The summed E-state index contributed by atoms with van der Waals surface area (Å²) >= 11 is 0. The van der Waals surface area contributed by atoms with Crippen LogP contribution in [0.4, 0.5) is 0 Å². The highest BCUT2D eigenvalue weighted by Gasteiger charge is 2.28. The summed E-state index contributed by atoms with van der Waals surface area (Å²) in [5, 5.41) is 8.36. The molecule has 11 heteroatoms. The van der Waals surface area contributed by atoms with Crippen LogP contribution in [0.15, 0.2) is 48.5 Å². The molecular formula is C26H36N3O7P. The molecule has 2 aromatic rings. The molecule has 37 heavy (non-hydrogen) atoms. The zero-order valence-electron chi connectivity index (χ0n) is 21.7. The number of phosphoric ester groups is 1. The molecule has 0 aliphatic heterocycles. The van der Waals surface area contributed by atoms with E-state index in [9.17, 15) is 18.9 Å². The van der Waals surface area contributed by atoms with Gasteiger partial charge in [-0.3, -0.25) is 24.2 Å². The van der Waals surface area contributed by atoms with Crippen molar-refractivity contribution in [1.29, 1.82) is 0 Å². The highest BCUT2D eigenvalue weighted by molar-refractivity contribution is 7.46. The fourth-order valence-electron chi connectivity index (χ4n) is 3.74. The first-order chi connectivity index (χ1) is 17.2. The van der Waals surface area contributed by atoms with Crippen LogP contribution in [0.1, 0.15) is 56.8 Å². The molecule has 0 fully saturated rings. The Morgan fingerprint density at radius 2 is 1.43 bits per heavy atom. The van der Waals surface area contributed by atoms with Gasteiger partial charge in [0.1, 0.15) is 17.8 Å². The van der Waals surface area contributed by atoms with Crippen molar-refractivity contribution in [3.8, 4) is 5.75 Å². The Balaban J connectivity index is 2.14. The van der Waals surface area contributed by atoms with E-state index in [2.05, 4.69) is 20.5 Å². The lowest BCUT2D eigenvalue weighted by atomic mass is 10.00. The Kier molecular flexibility index (Phi) is 10.9. The number of hydrogen-bond acceptors (Lipinski definition) is 5. The molecule has 5 N–H and O–H groups in total. The van der Waals surface area contributed by atoms with E-state index in [0.29, 0.717) is 12.0 Å². The van der Waals surface area contributed by atoms with Crippen molar-refractivity contribution in [2.45, 2.75) is 65.6 Å². The van der Waals surface area contributed by atoms with Crippen LogP contribution in [0.2, 0.25) is 0 Å². The number of amides is 3. The summed E-state index contributed by atoms with van der Waals surface area (Å²) in [5.74, 6) is -1.18. The molecule has 0 spiro atoms. The molecule has 0 bridgehead atoms. The van der Waals surface area contributed by atoms with Gasteiger partial charge < -0.3 is 20.5 Å². The SMILES string of the molecule is CC(=O)N[C@@H](Cc1ccc(OP(=O)(O)O)cc1)C(=O)N[C@@H](CC(C)C)C(=O)N[C@H](C)c1ccc(C)cc1. The Labute approximate surface area is 217 Å². The maximum absolute atomic E-state index is 13.2. The first kappa shape index (κ1) is 30.0. The fourth-order valence-corrected chi connectivity index (χ4v) is 4.14. The molecule has 0 aliphatic rings. The van der Waals surface area contributed by atoms with E-state index < -0.39 is 31.7 Å². The maximum atomic E-state index is 13.2. The van der Waals surface area contributed by atoms with Gasteiger partial charge in [-0.1, -0.05) is 55.8 Å². The van der Waals surface area contributed by atoms with Crippen LogP contribution < -0.4 is 20.5 Å². The Morgan fingerprint density at radius 3 is 1.95 bits per heavy atom. The minimum atomic E-state index is -4.69. The number of hydrogen-bond donors (Lipinski definition) is 5. The standard InChI is InChI=1S/C26H36N3O7P/c1-16(2)14-23(25(31)27-18(4)21-10-6-17(3)7-11-21)29-26(32)24(28-19(5)30)15-20-8-12-22(13-9-20)36-37(33,34)35/h6-13,16,18,23-24H,14-15H2,1-5H3,(H,27,31)(H,28,30)(H,29,32)(H2,33,34,35)/t18-,23+,24+/m1/s1. The van der Waals surface area contributed by atoms with Gasteiger partial charge in [0.25, 0.3) is 0 Å². The van der Waals surface area contributed by atoms with Crippen molar-refractivity contribution in [2.75, 3.05) is 0 Å². The molecule has 3 atom stereocenters. The van der Waals surface area contributed by atoms with Crippen molar-refractivity contribution in [3.63, 3.8) is 0 Å². The fraction of sp³-hybridized carbons (Fsp3) is 0.423. The van der Waals surface area contributed by atoms with Crippen LogP contribution in [-0.2, 0) is 25.4 Å². The quantitative estimate of drug-likeness (QED) is 0.263. The molecule has 2 aromatic carbocycles. The zero-order chi connectivity index (χ0) is 27.8. The second-order valence-electron chi connectivity index (χ2n) is 9.51. The first-order valence-corrected chi connectivity index (χ1v) is 13.5. The Hall–Kier alpha value is -3.20. The van der Waals surface area contributed by atoms with Crippen LogP contribution in [-0.4, -0.2) is 39.6 Å². The van der Waals surface area contributed by atoms with Gasteiger partial charge in [-0.2, -0.15) is 0 Å². The summed E-state index contributed by atoms with van der Waals surface area (Å²) in [6, 6.07) is 11.6. The number of rotatable bonds is 12. The average molecular weight is 534 g/mol. The normalized spacial score (nSPS) is 13.8. The van der Waals surface area contributed by atoms with Crippen molar-refractivity contribution in [1.82, 2.24) is 16.0 Å². The minimum absolute atomic E-state index is 0.0334. The topological polar surface area (TPSA) is 154 Å². The van der Waals surface area contributed by atoms with E-state index in [4.69, 9.17) is 9.79 Å². The third kappa shape index (κ3) is 10.8. The third-order valence-electron chi connectivity index (χ3n) is 5.56. The maximum Gasteiger partial charge on any atom is 0.524 e. The third-order valence-corrected chi connectivity index (χ3v) is 6.01.